The number of benzene rings is 1. The molecule has 0 bridgehead atoms. The fourth-order valence-electron chi connectivity index (χ4n) is 3.16. The minimum Gasteiger partial charge on any atom is -0.389 e. The van der Waals surface area contributed by atoms with Crippen LogP contribution in [-0.4, -0.2) is 29.5 Å². The highest BCUT2D eigenvalue weighted by Crippen LogP contribution is 2.39. The van der Waals surface area contributed by atoms with Crippen LogP contribution in [0.4, 0.5) is 0 Å². The van der Waals surface area contributed by atoms with E-state index in [4.69, 9.17) is 4.74 Å². The maximum absolute atomic E-state index is 11.0. The Hall–Kier alpha value is -0.900. The summed E-state index contributed by atoms with van der Waals surface area (Å²) in [6.45, 7) is 5.50. The molecule has 1 saturated heterocycles. The van der Waals surface area contributed by atoms with Crippen LogP contribution in [0.2, 0.25) is 0 Å². The zero-order valence-corrected chi connectivity index (χ0v) is 12.1. The number of rotatable bonds is 4. The maximum atomic E-state index is 11.0. The third kappa shape index (κ3) is 3.56. The molecule has 0 radical (unpaired) electrons. The molecule has 2 rings (SSSR count). The Balaban J connectivity index is 2.14. The minimum atomic E-state index is -0.653. The number of quaternary nitrogens is 1. The molecule has 4 N–H and O–H groups in total. The van der Waals surface area contributed by atoms with Gasteiger partial charge in [0.05, 0.1) is 24.4 Å². The minimum absolute atomic E-state index is 0.157. The first-order valence-corrected chi connectivity index (χ1v) is 7.15. The molecule has 1 aromatic rings. The summed E-state index contributed by atoms with van der Waals surface area (Å²) in [5, 5.41) is 11.0. The Bertz CT molecular complexity index is 404. The van der Waals surface area contributed by atoms with Crippen molar-refractivity contribution in [3.63, 3.8) is 0 Å². The first-order valence-electron chi connectivity index (χ1n) is 7.15. The molecule has 1 aromatic carbocycles. The molecule has 0 amide bonds. The lowest BCUT2D eigenvalue weighted by Gasteiger charge is -2.46. The molecule has 1 fully saturated rings. The highest BCUT2D eigenvalue weighted by Gasteiger charge is 2.46. The summed E-state index contributed by atoms with van der Waals surface area (Å²) in [6, 6.07) is 10.3. The van der Waals surface area contributed by atoms with Crippen molar-refractivity contribution in [3.8, 4) is 0 Å². The Morgan fingerprint density at radius 3 is 2.63 bits per heavy atom. The van der Waals surface area contributed by atoms with Gasteiger partial charge in [0.1, 0.15) is 0 Å². The van der Waals surface area contributed by atoms with Gasteiger partial charge in [0.15, 0.2) is 0 Å². The second-order valence-corrected chi connectivity index (χ2v) is 6.34. The van der Waals surface area contributed by atoms with Crippen molar-refractivity contribution in [2.45, 2.75) is 44.3 Å². The fourth-order valence-corrected chi connectivity index (χ4v) is 3.16. The van der Waals surface area contributed by atoms with E-state index in [1.807, 2.05) is 18.2 Å². The molecule has 2 atom stereocenters. The van der Waals surface area contributed by atoms with Crippen molar-refractivity contribution in [3.05, 3.63) is 35.9 Å². The number of aliphatic hydroxyl groups is 1. The molecule has 0 aromatic heterocycles. The average Bonchev–Trinajstić information content (AvgIpc) is 2.34. The lowest BCUT2D eigenvalue weighted by molar-refractivity contribution is -0.377. The molecule has 106 valence electrons. The van der Waals surface area contributed by atoms with Crippen LogP contribution in [0, 0.1) is 5.92 Å². The second kappa shape index (κ2) is 5.61. The Labute approximate surface area is 115 Å². The Morgan fingerprint density at radius 2 is 2.00 bits per heavy atom. The van der Waals surface area contributed by atoms with Crippen LogP contribution in [-0.2, 0) is 11.2 Å². The SMILES string of the molecule is CC1(C)C[C@](O)(CC[NH3+])[C@@H](Cc2ccccc2)CO1. The van der Waals surface area contributed by atoms with Gasteiger partial charge in [-0.15, -0.1) is 0 Å². The monoisotopic (exact) mass is 264 g/mol. The smallest absolute Gasteiger partial charge is 0.0781 e. The normalized spacial score (nSPS) is 30.2. The predicted octanol–water partition coefficient (Wildman–Crippen LogP) is 1.41. The first-order chi connectivity index (χ1) is 8.95. The topological polar surface area (TPSA) is 57.1 Å². The molecule has 19 heavy (non-hydrogen) atoms. The summed E-state index contributed by atoms with van der Waals surface area (Å²) in [6.07, 6.45) is 2.30. The molecular weight excluding hydrogens is 238 g/mol. The van der Waals surface area contributed by atoms with E-state index in [1.165, 1.54) is 5.56 Å². The van der Waals surface area contributed by atoms with Crippen LogP contribution < -0.4 is 5.73 Å². The Kier molecular flexibility index (Phi) is 4.29. The van der Waals surface area contributed by atoms with Crippen LogP contribution in [0.1, 0.15) is 32.3 Å². The molecule has 0 unspecified atom stereocenters. The highest BCUT2D eigenvalue weighted by molar-refractivity contribution is 5.16. The first kappa shape index (κ1) is 14.5. The van der Waals surface area contributed by atoms with Gasteiger partial charge in [-0.05, 0) is 25.8 Å². The molecule has 3 heteroatoms. The van der Waals surface area contributed by atoms with Gasteiger partial charge in [-0.2, -0.15) is 0 Å². The van der Waals surface area contributed by atoms with E-state index in [9.17, 15) is 5.11 Å². The Morgan fingerprint density at radius 1 is 1.32 bits per heavy atom. The van der Waals surface area contributed by atoms with Crippen LogP contribution >= 0.6 is 0 Å². The van der Waals surface area contributed by atoms with Crippen LogP contribution in [0.5, 0.6) is 0 Å². The van der Waals surface area contributed by atoms with Gasteiger partial charge >= 0.3 is 0 Å². The van der Waals surface area contributed by atoms with E-state index < -0.39 is 5.60 Å². The molecule has 1 heterocycles. The molecule has 1 aliphatic heterocycles. The van der Waals surface area contributed by atoms with Gasteiger partial charge in [-0.1, -0.05) is 30.3 Å². The van der Waals surface area contributed by atoms with Gasteiger partial charge in [0.25, 0.3) is 0 Å². The number of hydrogen-bond acceptors (Lipinski definition) is 2. The second-order valence-electron chi connectivity index (χ2n) is 6.34. The van der Waals surface area contributed by atoms with E-state index in [-0.39, 0.29) is 11.5 Å². The van der Waals surface area contributed by atoms with Crippen molar-refractivity contribution in [2.75, 3.05) is 13.2 Å². The summed E-state index contributed by atoms with van der Waals surface area (Å²) in [4.78, 5) is 0. The van der Waals surface area contributed by atoms with Gasteiger partial charge in [0.2, 0.25) is 0 Å². The summed E-state index contributed by atoms with van der Waals surface area (Å²) in [7, 11) is 0. The zero-order chi connectivity index (χ0) is 13.9. The number of ether oxygens (including phenoxy) is 1. The van der Waals surface area contributed by atoms with Crippen LogP contribution in [0.3, 0.4) is 0 Å². The van der Waals surface area contributed by atoms with Crippen molar-refractivity contribution < 1.29 is 15.6 Å². The van der Waals surface area contributed by atoms with Gasteiger partial charge < -0.3 is 15.6 Å². The number of hydrogen-bond donors (Lipinski definition) is 2. The summed E-state index contributed by atoms with van der Waals surface area (Å²) < 4.78 is 5.91. The van der Waals surface area contributed by atoms with Crippen molar-refractivity contribution in [1.29, 1.82) is 0 Å². The molecule has 1 aliphatic rings. The van der Waals surface area contributed by atoms with Gasteiger partial charge in [-0.25, -0.2) is 0 Å². The maximum Gasteiger partial charge on any atom is 0.0781 e. The van der Waals surface area contributed by atoms with E-state index in [0.29, 0.717) is 13.0 Å². The fraction of sp³-hybridized carbons (Fsp3) is 0.625. The third-order valence-corrected chi connectivity index (χ3v) is 4.10. The summed E-state index contributed by atoms with van der Waals surface area (Å²) >= 11 is 0. The zero-order valence-electron chi connectivity index (χ0n) is 12.1. The molecule has 0 saturated carbocycles. The molecule has 0 spiro atoms. The third-order valence-electron chi connectivity index (χ3n) is 4.10. The van der Waals surface area contributed by atoms with Crippen molar-refractivity contribution >= 4 is 0 Å². The van der Waals surface area contributed by atoms with Gasteiger partial charge in [-0.3, -0.25) is 0 Å². The van der Waals surface area contributed by atoms with Gasteiger partial charge in [0, 0.05) is 18.8 Å². The van der Waals surface area contributed by atoms with Crippen molar-refractivity contribution in [1.82, 2.24) is 0 Å². The van der Waals surface area contributed by atoms with Crippen LogP contribution in [0.25, 0.3) is 0 Å². The molecule has 0 aliphatic carbocycles. The molecule has 3 nitrogen and oxygen atoms in total. The summed E-state index contributed by atoms with van der Waals surface area (Å²) in [5.74, 6) is 0.157. The quantitative estimate of drug-likeness (QED) is 0.864. The van der Waals surface area contributed by atoms with E-state index in [2.05, 4.69) is 31.7 Å². The van der Waals surface area contributed by atoms with E-state index in [1.54, 1.807) is 0 Å². The largest absolute Gasteiger partial charge is 0.389 e. The lowest BCUT2D eigenvalue weighted by atomic mass is 9.73. The van der Waals surface area contributed by atoms with Crippen molar-refractivity contribution in [2.24, 2.45) is 5.92 Å². The predicted molar refractivity (Wildman–Crippen MR) is 75.6 cm³/mol. The van der Waals surface area contributed by atoms with Crippen LogP contribution in [0.15, 0.2) is 30.3 Å². The lowest BCUT2D eigenvalue weighted by Crippen LogP contribution is -2.59. The standard InChI is InChI=1S/C16H25NO2/c1-15(2)12-16(18,8-9-17)14(11-19-15)10-13-6-4-3-5-7-13/h3-7,14,18H,8-12,17H2,1-2H3/p+1/t14-,16+/m0/s1. The highest BCUT2D eigenvalue weighted by atomic mass is 16.5. The molecular formula is C16H26NO2+. The van der Waals surface area contributed by atoms with E-state index in [0.717, 1.165) is 19.4 Å². The summed E-state index contributed by atoms with van der Waals surface area (Å²) in [5.41, 5.74) is 4.28. The van der Waals surface area contributed by atoms with E-state index >= 15 is 0 Å². The average molecular weight is 264 g/mol.